The average Bonchev–Trinajstić information content (AvgIpc) is 2.62. The number of carboxylic acids is 1. The van der Waals surface area contributed by atoms with Gasteiger partial charge >= 0.3 is 5.97 Å². The molecule has 0 aliphatic heterocycles. The third-order valence-electron chi connectivity index (χ3n) is 2.85. The van der Waals surface area contributed by atoms with Gasteiger partial charge in [-0.2, -0.15) is 0 Å². The largest absolute Gasteiger partial charge is 0.481 e. The van der Waals surface area contributed by atoms with Crippen molar-refractivity contribution >= 4 is 15.8 Å². The van der Waals surface area contributed by atoms with Gasteiger partial charge in [-0.1, -0.05) is 0 Å². The van der Waals surface area contributed by atoms with Crippen LogP contribution >= 0.6 is 0 Å². The molecule has 1 heterocycles. The Bertz CT molecular complexity index is 549. The highest BCUT2D eigenvalue weighted by Crippen LogP contribution is 2.28. The van der Waals surface area contributed by atoms with E-state index >= 15 is 0 Å². The molecule has 1 aromatic heterocycles. The number of rotatable bonds is 5. The van der Waals surface area contributed by atoms with Crippen molar-refractivity contribution in [2.24, 2.45) is 0 Å². The Kier molecular flexibility index (Phi) is 3.75. The van der Waals surface area contributed by atoms with E-state index in [1.54, 1.807) is 6.92 Å². The summed E-state index contributed by atoms with van der Waals surface area (Å²) in [5.74, 6) is -0.861. The van der Waals surface area contributed by atoms with E-state index in [1.807, 2.05) is 0 Å². The Morgan fingerprint density at radius 3 is 2.50 bits per heavy atom. The van der Waals surface area contributed by atoms with Gasteiger partial charge in [0.05, 0.1) is 12.5 Å². The van der Waals surface area contributed by atoms with Gasteiger partial charge < -0.3 is 5.11 Å². The van der Waals surface area contributed by atoms with Crippen molar-refractivity contribution < 1.29 is 18.3 Å². The van der Waals surface area contributed by atoms with Crippen LogP contribution in [0, 0.1) is 0 Å². The van der Waals surface area contributed by atoms with Crippen LogP contribution in [-0.4, -0.2) is 46.0 Å². The fraction of sp³-hybridized carbons (Fsp3) is 0.778. The van der Waals surface area contributed by atoms with Crippen LogP contribution in [0.4, 0.5) is 0 Å². The summed E-state index contributed by atoms with van der Waals surface area (Å²) < 4.78 is 23.4. The van der Waals surface area contributed by atoms with Gasteiger partial charge in [0, 0.05) is 6.26 Å². The molecule has 102 valence electrons. The van der Waals surface area contributed by atoms with Crippen molar-refractivity contribution in [2.45, 2.75) is 38.0 Å². The van der Waals surface area contributed by atoms with Crippen molar-refractivity contribution in [3.8, 4) is 0 Å². The standard InChI is InChI=1S/C9H16N4O4S/c1-6(5-7(14)15)13-8(10-11-12-13)9(2,3)18(4,16)17/h6H,5H2,1-4H3,(H,14,15). The highest BCUT2D eigenvalue weighted by atomic mass is 32.2. The van der Waals surface area contributed by atoms with E-state index < -0.39 is 26.6 Å². The van der Waals surface area contributed by atoms with Crippen LogP contribution in [0.15, 0.2) is 0 Å². The lowest BCUT2D eigenvalue weighted by Crippen LogP contribution is -2.33. The molecule has 0 radical (unpaired) electrons. The fourth-order valence-electron chi connectivity index (χ4n) is 1.39. The number of hydrogen-bond acceptors (Lipinski definition) is 6. The molecule has 1 unspecified atom stereocenters. The Labute approximate surface area is 105 Å². The minimum Gasteiger partial charge on any atom is -0.481 e. The second-order valence-electron chi connectivity index (χ2n) is 4.68. The lowest BCUT2D eigenvalue weighted by atomic mass is 10.1. The molecule has 18 heavy (non-hydrogen) atoms. The number of nitrogens with zero attached hydrogens (tertiary/aromatic N) is 4. The van der Waals surface area contributed by atoms with Gasteiger partial charge in [-0.3, -0.25) is 4.79 Å². The monoisotopic (exact) mass is 276 g/mol. The molecule has 0 saturated carbocycles. The van der Waals surface area contributed by atoms with Crippen LogP contribution in [0.25, 0.3) is 0 Å². The molecule has 0 aliphatic carbocycles. The molecule has 0 aliphatic rings. The number of sulfone groups is 1. The highest BCUT2D eigenvalue weighted by molar-refractivity contribution is 7.91. The molecule has 0 amide bonds. The fourth-order valence-corrected chi connectivity index (χ4v) is 1.86. The molecule has 0 bridgehead atoms. The van der Waals surface area contributed by atoms with Crippen LogP contribution < -0.4 is 0 Å². The molecule has 0 aromatic carbocycles. The first kappa shape index (κ1) is 14.6. The summed E-state index contributed by atoms with van der Waals surface area (Å²) in [5.41, 5.74) is 0. The van der Waals surface area contributed by atoms with Crippen LogP contribution in [0.2, 0.25) is 0 Å². The average molecular weight is 276 g/mol. The van der Waals surface area contributed by atoms with Crippen LogP contribution in [0.1, 0.15) is 39.1 Å². The first-order chi connectivity index (χ1) is 8.07. The summed E-state index contributed by atoms with van der Waals surface area (Å²) in [4.78, 5) is 10.7. The van der Waals surface area contributed by atoms with E-state index in [0.717, 1.165) is 6.26 Å². The molecule has 0 spiro atoms. The predicted octanol–water partition coefficient (Wildman–Crippen LogP) is -0.0115. The van der Waals surface area contributed by atoms with E-state index in [4.69, 9.17) is 5.11 Å². The zero-order valence-corrected chi connectivity index (χ0v) is 11.5. The highest BCUT2D eigenvalue weighted by Gasteiger charge is 2.38. The second kappa shape index (κ2) is 4.63. The van der Waals surface area contributed by atoms with Crippen molar-refractivity contribution in [1.29, 1.82) is 0 Å². The molecule has 8 nitrogen and oxygen atoms in total. The van der Waals surface area contributed by atoms with Gasteiger partial charge in [-0.05, 0) is 31.2 Å². The summed E-state index contributed by atoms with van der Waals surface area (Å²) in [6.07, 6.45) is 0.908. The Hall–Kier alpha value is -1.51. The maximum atomic E-state index is 11.7. The third kappa shape index (κ3) is 2.66. The van der Waals surface area contributed by atoms with E-state index in [0.29, 0.717) is 0 Å². The lowest BCUT2D eigenvalue weighted by molar-refractivity contribution is -0.137. The SMILES string of the molecule is CC(CC(=O)O)n1nnnc1C(C)(C)S(C)(=O)=O. The number of carboxylic acid groups (broad SMARTS) is 1. The number of aromatic nitrogens is 4. The number of tetrazole rings is 1. The summed E-state index contributed by atoms with van der Waals surface area (Å²) in [6, 6.07) is -0.520. The quantitative estimate of drug-likeness (QED) is 0.804. The van der Waals surface area contributed by atoms with Gasteiger partial charge in [0.15, 0.2) is 15.7 Å². The lowest BCUT2D eigenvalue weighted by Gasteiger charge is -2.23. The van der Waals surface area contributed by atoms with E-state index in [-0.39, 0.29) is 12.2 Å². The van der Waals surface area contributed by atoms with Gasteiger partial charge in [-0.15, -0.1) is 5.10 Å². The van der Waals surface area contributed by atoms with Crippen LogP contribution in [0.3, 0.4) is 0 Å². The van der Waals surface area contributed by atoms with Gasteiger partial charge in [0.25, 0.3) is 0 Å². The maximum absolute atomic E-state index is 11.7. The molecule has 0 fully saturated rings. The first-order valence-electron chi connectivity index (χ1n) is 5.27. The minimum absolute atomic E-state index is 0.138. The van der Waals surface area contributed by atoms with E-state index in [9.17, 15) is 13.2 Å². The first-order valence-corrected chi connectivity index (χ1v) is 7.16. The van der Waals surface area contributed by atoms with E-state index in [1.165, 1.54) is 18.5 Å². The predicted molar refractivity (Wildman–Crippen MR) is 62.7 cm³/mol. The molecule has 1 N–H and O–H groups in total. The topological polar surface area (TPSA) is 115 Å². The maximum Gasteiger partial charge on any atom is 0.305 e. The summed E-state index contributed by atoms with van der Waals surface area (Å²) in [5, 5.41) is 19.6. The van der Waals surface area contributed by atoms with Crippen molar-refractivity contribution in [2.75, 3.05) is 6.26 Å². The molecule has 1 atom stereocenters. The molecular formula is C9H16N4O4S. The normalized spacial score (nSPS) is 14.4. The Morgan fingerprint density at radius 2 is 2.06 bits per heavy atom. The Balaban J connectivity index is 3.22. The Morgan fingerprint density at radius 1 is 1.50 bits per heavy atom. The van der Waals surface area contributed by atoms with Crippen molar-refractivity contribution in [3.05, 3.63) is 5.82 Å². The molecule has 1 rings (SSSR count). The zero-order valence-electron chi connectivity index (χ0n) is 10.7. The van der Waals surface area contributed by atoms with Gasteiger partial charge in [0.1, 0.15) is 4.75 Å². The molecule has 0 saturated heterocycles. The number of carbonyl (C=O) groups is 1. The molecule has 1 aromatic rings. The smallest absolute Gasteiger partial charge is 0.305 e. The van der Waals surface area contributed by atoms with Crippen molar-refractivity contribution in [1.82, 2.24) is 20.2 Å². The summed E-state index contributed by atoms with van der Waals surface area (Å²) >= 11 is 0. The minimum atomic E-state index is -3.42. The number of aliphatic carboxylic acids is 1. The molecule has 9 heteroatoms. The van der Waals surface area contributed by atoms with Crippen molar-refractivity contribution in [3.63, 3.8) is 0 Å². The number of hydrogen-bond donors (Lipinski definition) is 1. The third-order valence-corrected chi connectivity index (χ3v) is 4.88. The molecular weight excluding hydrogens is 260 g/mol. The second-order valence-corrected chi connectivity index (χ2v) is 7.24. The zero-order chi connectivity index (χ0) is 14.1. The van der Waals surface area contributed by atoms with Crippen LogP contribution in [0.5, 0.6) is 0 Å². The van der Waals surface area contributed by atoms with E-state index in [2.05, 4.69) is 15.5 Å². The van der Waals surface area contributed by atoms with Gasteiger partial charge in [-0.25, -0.2) is 13.1 Å². The van der Waals surface area contributed by atoms with Gasteiger partial charge in [0.2, 0.25) is 0 Å². The van der Waals surface area contributed by atoms with Crippen LogP contribution in [-0.2, 0) is 19.4 Å². The summed E-state index contributed by atoms with van der Waals surface area (Å²) in [6.45, 7) is 4.59. The summed E-state index contributed by atoms with van der Waals surface area (Å²) in [7, 11) is -3.42.